The Morgan fingerprint density at radius 1 is 1.05 bits per heavy atom. The summed E-state index contributed by atoms with van der Waals surface area (Å²) < 4.78 is 12.9. The number of benzene rings is 1. The van der Waals surface area contributed by atoms with Gasteiger partial charge in [-0.2, -0.15) is 0 Å². The maximum Gasteiger partial charge on any atom is 0.157 e. The van der Waals surface area contributed by atoms with Crippen molar-refractivity contribution >= 4 is 23.2 Å². The molecule has 0 atom stereocenters. The predicted molar refractivity (Wildman–Crippen MR) is 77.2 cm³/mol. The minimum absolute atomic E-state index is 0.360. The fraction of sp³-hybridized carbons (Fsp3) is 0. The van der Waals surface area contributed by atoms with Crippen molar-refractivity contribution in [2.45, 2.75) is 0 Å². The minimum atomic E-state index is -0.405. The summed E-state index contributed by atoms with van der Waals surface area (Å²) in [5.74, 6) is 0.0580. The van der Waals surface area contributed by atoms with E-state index in [0.717, 1.165) is 11.8 Å². The summed E-state index contributed by atoms with van der Waals surface area (Å²) in [6.07, 6.45) is 1.13. The van der Waals surface area contributed by atoms with Crippen LogP contribution in [0.4, 0.5) is 4.39 Å². The molecule has 3 aromatic rings. The Morgan fingerprint density at radius 2 is 1.85 bits per heavy atom. The molecule has 2 heterocycles. The first-order chi connectivity index (χ1) is 9.65. The van der Waals surface area contributed by atoms with E-state index in [4.69, 9.17) is 23.2 Å². The number of hydrogen-bond acceptors (Lipinski definition) is 2. The van der Waals surface area contributed by atoms with Crippen LogP contribution in [0.15, 0.2) is 42.6 Å². The summed E-state index contributed by atoms with van der Waals surface area (Å²) in [5.41, 5.74) is 1.77. The monoisotopic (exact) mass is 307 g/mol. The number of aromatic amines is 1. The van der Waals surface area contributed by atoms with E-state index in [2.05, 4.69) is 15.0 Å². The van der Waals surface area contributed by atoms with Gasteiger partial charge in [0.05, 0.1) is 11.2 Å². The molecular formula is C14H8Cl2FN3. The van der Waals surface area contributed by atoms with Gasteiger partial charge in [0.25, 0.3) is 0 Å². The molecule has 0 aliphatic rings. The van der Waals surface area contributed by atoms with E-state index in [1.54, 1.807) is 6.07 Å². The van der Waals surface area contributed by atoms with Gasteiger partial charge in [-0.15, -0.1) is 0 Å². The summed E-state index contributed by atoms with van der Waals surface area (Å²) >= 11 is 12.3. The summed E-state index contributed by atoms with van der Waals surface area (Å²) in [6, 6.07) is 10.1. The maximum atomic E-state index is 12.9. The first-order valence-corrected chi connectivity index (χ1v) is 6.53. The number of nitrogens with one attached hydrogen (secondary N) is 1. The first kappa shape index (κ1) is 13.1. The highest BCUT2D eigenvalue weighted by Gasteiger charge is 2.14. The number of imidazole rings is 1. The van der Waals surface area contributed by atoms with Crippen molar-refractivity contribution in [2.24, 2.45) is 0 Å². The summed E-state index contributed by atoms with van der Waals surface area (Å²) in [7, 11) is 0. The van der Waals surface area contributed by atoms with Gasteiger partial charge >= 0.3 is 0 Å². The molecule has 3 rings (SSSR count). The average Bonchev–Trinajstić information content (AvgIpc) is 2.82. The molecule has 6 heteroatoms. The lowest BCUT2D eigenvalue weighted by Gasteiger charge is -1.99. The molecular weight excluding hydrogens is 300 g/mol. The van der Waals surface area contributed by atoms with Crippen molar-refractivity contribution < 1.29 is 4.39 Å². The lowest BCUT2D eigenvalue weighted by Crippen LogP contribution is -1.86. The zero-order valence-electron chi connectivity index (χ0n) is 10.1. The molecule has 0 saturated carbocycles. The molecule has 1 N–H and O–H groups in total. The topological polar surface area (TPSA) is 41.6 Å². The van der Waals surface area contributed by atoms with E-state index in [0.29, 0.717) is 27.4 Å². The molecule has 1 aromatic carbocycles. The molecule has 20 heavy (non-hydrogen) atoms. The Kier molecular flexibility index (Phi) is 3.42. The van der Waals surface area contributed by atoms with Gasteiger partial charge in [-0.1, -0.05) is 41.4 Å². The SMILES string of the molecule is Fc1ccc(-c2nc(-c3ccccc3Cl)c(Cl)[nH]2)nc1. The molecule has 100 valence electrons. The van der Waals surface area contributed by atoms with Gasteiger partial charge in [0.2, 0.25) is 0 Å². The molecule has 0 radical (unpaired) electrons. The van der Waals surface area contributed by atoms with Gasteiger partial charge in [0, 0.05) is 5.56 Å². The first-order valence-electron chi connectivity index (χ1n) is 5.77. The van der Waals surface area contributed by atoms with Crippen molar-refractivity contribution in [2.75, 3.05) is 0 Å². The molecule has 3 nitrogen and oxygen atoms in total. The molecule has 0 aliphatic heterocycles. The van der Waals surface area contributed by atoms with Gasteiger partial charge in [-0.25, -0.2) is 14.4 Å². The van der Waals surface area contributed by atoms with Crippen molar-refractivity contribution in [3.63, 3.8) is 0 Å². The Bertz CT molecular complexity index is 753. The van der Waals surface area contributed by atoms with E-state index in [1.165, 1.54) is 12.1 Å². The second-order valence-corrected chi connectivity index (χ2v) is 4.87. The van der Waals surface area contributed by atoms with Crippen molar-refractivity contribution in [3.05, 3.63) is 58.6 Å². The zero-order valence-corrected chi connectivity index (χ0v) is 11.6. The van der Waals surface area contributed by atoms with E-state index in [1.807, 2.05) is 18.2 Å². The van der Waals surface area contributed by atoms with E-state index >= 15 is 0 Å². The number of hydrogen-bond donors (Lipinski definition) is 1. The predicted octanol–water partition coefficient (Wildman–Crippen LogP) is 4.58. The highest BCUT2D eigenvalue weighted by Crippen LogP contribution is 2.33. The van der Waals surface area contributed by atoms with Crippen LogP contribution in [0.2, 0.25) is 10.2 Å². The molecule has 0 aliphatic carbocycles. The number of pyridine rings is 1. The third-order valence-corrected chi connectivity index (χ3v) is 3.36. The highest BCUT2D eigenvalue weighted by atomic mass is 35.5. The fourth-order valence-corrected chi connectivity index (χ4v) is 2.28. The molecule has 0 fully saturated rings. The van der Waals surface area contributed by atoms with Gasteiger partial charge < -0.3 is 4.98 Å². The van der Waals surface area contributed by atoms with Crippen molar-refractivity contribution in [1.82, 2.24) is 15.0 Å². The Labute approximate surface area is 124 Å². The Balaban J connectivity index is 2.08. The third-order valence-electron chi connectivity index (χ3n) is 2.76. The van der Waals surface area contributed by atoms with Gasteiger partial charge in [0.1, 0.15) is 22.4 Å². The van der Waals surface area contributed by atoms with Crippen LogP contribution in [0.25, 0.3) is 22.8 Å². The maximum absolute atomic E-state index is 12.9. The lowest BCUT2D eigenvalue weighted by atomic mass is 10.2. The number of halogens is 3. The summed E-state index contributed by atoms with van der Waals surface area (Å²) in [5, 5.41) is 0.916. The van der Waals surface area contributed by atoms with Crippen LogP contribution in [0.5, 0.6) is 0 Å². The molecule has 0 saturated heterocycles. The number of H-pyrrole nitrogens is 1. The molecule has 2 aromatic heterocycles. The fourth-order valence-electron chi connectivity index (χ4n) is 1.82. The van der Waals surface area contributed by atoms with E-state index in [-0.39, 0.29) is 0 Å². The number of aromatic nitrogens is 3. The third kappa shape index (κ3) is 2.40. The standard InChI is InChI=1S/C14H8Cl2FN3/c15-10-4-2-1-3-9(10)12-13(16)20-14(19-12)11-6-5-8(17)7-18-11/h1-7H,(H,19,20). The largest absolute Gasteiger partial charge is 0.327 e. The number of nitrogens with zero attached hydrogens (tertiary/aromatic N) is 2. The lowest BCUT2D eigenvalue weighted by molar-refractivity contribution is 0.621. The van der Waals surface area contributed by atoms with Gasteiger partial charge in [-0.05, 0) is 18.2 Å². The second-order valence-electron chi connectivity index (χ2n) is 4.09. The molecule has 0 unspecified atom stereocenters. The number of rotatable bonds is 2. The zero-order chi connectivity index (χ0) is 14.1. The molecule has 0 bridgehead atoms. The van der Waals surface area contributed by atoms with Gasteiger partial charge in [-0.3, -0.25) is 0 Å². The minimum Gasteiger partial charge on any atom is -0.327 e. The van der Waals surface area contributed by atoms with E-state index in [9.17, 15) is 4.39 Å². The highest BCUT2D eigenvalue weighted by molar-refractivity contribution is 6.35. The molecule has 0 spiro atoms. The molecule has 0 amide bonds. The van der Waals surface area contributed by atoms with Crippen molar-refractivity contribution in [3.8, 4) is 22.8 Å². The van der Waals surface area contributed by atoms with Crippen LogP contribution in [0, 0.1) is 5.82 Å². The summed E-state index contributed by atoms with van der Waals surface area (Å²) in [6.45, 7) is 0. The van der Waals surface area contributed by atoms with Crippen LogP contribution in [-0.2, 0) is 0 Å². The Morgan fingerprint density at radius 3 is 2.55 bits per heavy atom. The van der Waals surface area contributed by atoms with Gasteiger partial charge in [0.15, 0.2) is 5.82 Å². The van der Waals surface area contributed by atoms with Crippen LogP contribution in [0.1, 0.15) is 0 Å². The van der Waals surface area contributed by atoms with Crippen LogP contribution in [0.3, 0.4) is 0 Å². The normalized spacial score (nSPS) is 10.8. The Hall–Kier alpha value is -1.91. The smallest absolute Gasteiger partial charge is 0.157 e. The quantitative estimate of drug-likeness (QED) is 0.752. The van der Waals surface area contributed by atoms with Crippen LogP contribution < -0.4 is 0 Å². The van der Waals surface area contributed by atoms with Crippen molar-refractivity contribution in [1.29, 1.82) is 0 Å². The summed E-state index contributed by atoms with van der Waals surface area (Å²) in [4.78, 5) is 11.3. The van der Waals surface area contributed by atoms with E-state index < -0.39 is 5.82 Å². The van der Waals surface area contributed by atoms with Crippen LogP contribution >= 0.6 is 23.2 Å². The second kappa shape index (κ2) is 5.23. The van der Waals surface area contributed by atoms with Crippen LogP contribution in [-0.4, -0.2) is 15.0 Å². The average molecular weight is 308 g/mol.